The molecular formula is C26H27NO2. The third kappa shape index (κ3) is 4.06. The average molecular weight is 386 g/mol. The number of fused-ring (bicyclic) bond motifs is 1. The Morgan fingerprint density at radius 2 is 1.48 bits per heavy atom. The lowest BCUT2D eigenvalue weighted by Crippen LogP contribution is -2.30. The summed E-state index contributed by atoms with van der Waals surface area (Å²) in [6, 6.07) is 24.5. The lowest BCUT2D eigenvalue weighted by molar-refractivity contribution is 0.0815. The molecule has 3 aromatic rings. The molecule has 1 aliphatic rings. The van der Waals surface area contributed by atoms with Crippen LogP contribution in [-0.2, 0) is 6.42 Å². The fraction of sp³-hybridized carbons (Fsp3) is 0.231. The van der Waals surface area contributed by atoms with Crippen molar-refractivity contribution < 1.29 is 9.84 Å². The number of nitrogens with zero attached hydrogens (tertiary/aromatic N) is 1. The minimum absolute atomic E-state index is 0.0116. The van der Waals surface area contributed by atoms with Gasteiger partial charge in [0.1, 0.15) is 17.7 Å². The third-order valence-corrected chi connectivity index (χ3v) is 5.62. The number of rotatable bonds is 5. The van der Waals surface area contributed by atoms with Crippen molar-refractivity contribution in [1.82, 2.24) is 4.90 Å². The third-order valence-electron chi connectivity index (χ3n) is 5.62. The Bertz CT molecular complexity index is 1020. The van der Waals surface area contributed by atoms with E-state index in [0.29, 0.717) is 0 Å². The van der Waals surface area contributed by atoms with Crippen LogP contribution in [0, 0.1) is 0 Å². The summed E-state index contributed by atoms with van der Waals surface area (Å²) < 4.78 is 5.99. The van der Waals surface area contributed by atoms with Crippen LogP contribution in [0.1, 0.15) is 35.6 Å². The molecule has 0 aliphatic heterocycles. The van der Waals surface area contributed by atoms with Crippen LogP contribution in [0.5, 0.6) is 11.5 Å². The monoisotopic (exact) mass is 385 g/mol. The number of hydrogen-bond acceptors (Lipinski definition) is 3. The number of aryl methyl sites for hydroxylation is 1. The van der Waals surface area contributed by atoms with E-state index < -0.39 is 0 Å². The largest absolute Gasteiger partial charge is 0.508 e. The number of allylic oxidation sites excluding steroid dienone is 1. The van der Waals surface area contributed by atoms with Crippen molar-refractivity contribution in [3.8, 4) is 11.5 Å². The van der Waals surface area contributed by atoms with Crippen molar-refractivity contribution in [1.29, 1.82) is 0 Å². The molecule has 1 atom stereocenters. The highest BCUT2D eigenvalue weighted by molar-refractivity contribution is 6.00. The topological polar surface area (TPSA) is 32.7 Å². The first-order valence-electron chi connectivity index (χ1n) is 10.1. The number of ether oxygens (including phenoxy) is 1. The fourth-order valence-corrected chi connectivity index (χ4v) is 3.83. The van der Waals surface area contributed by atoms with Crippen LogP contribution in [0.3, 0.4) is 0 Å². The zero-order valence-electron chi connectivity index (χ0n) is 17.2. The number of phenolic OH excluding ortho intramolecular Hbond substituents is 1. The Kier molecular flexibility index (Phi) is 5.41. The molecule has 0 aromatic heterocycles. The van der Waals surface area contributed by atoms with Gasteiger partial charge in [-0.05, 0) is 91.5 Å². The van der Waals surface area contributed by atoms with E-state index in [1.165, 1.54) is 22.3 Å². The Balaban J connectivity index is 1.78. The molecule has 0 fully saturated rings. The van der Waals surface area contributed by atoms with Crippen LogP contribution in [0.2, 0.25) is 0 Å². The zero-order valence-corrected chi connectivity index (χ0v) is 17.2. The molecule has 0 radical (unpaired) electrons. The van der Waals surface area contributed by atoms with E-state index in [-0.39, 0.29) is 12.0 Å². The van der Waals surface area contributed by atoms with Crippen molar-refractivity contribution in [2.45, 2.75) is 26.0 Å². The maximum absolute atomic E-state index is 9.76. The molecular weight excluding hydrogens is 358 g/mol. The predicted octanol–water partition coefficient (Wildman–Crippen LogP) is 5.58. The molecule has 3 heteroatoms. The highest BCUT2D eigenvalue weighted by atomic mass is 16.5. The van der Waals surface area contributed by atoms with Crippen LogP contribution in [0.25, 0.3) is 11.1 Å². The average Bonchev–Trinajstić information content (AvgIpc) is 3.15. The maximum Gasteiger partial charge on any atom is 0.149 e. The van der Waals surface area contributed by atoms with Crippen molar-refractivity contribution in [2.24, 2.45) is 0 Å². The van der Waals surface area contributed by atoms with E-state index in [2.05, 4.69) is 36.4 Å². The number of phenols is 1. The summed E-state index contributed by atoms with van der Waals surface area (Å²) in [5, 5.41) is 9.76. The van der Waals surface area contributed by atoms with Crippen molar-refractivity contribution in [2.75, 3.05) is 14.1 Å². The van der Waals surface area contributed by atoms with Gasteiger partial charge in [0.25, 0.3) is 0 Å². The maximum atomic E-state index is 9.76. The summed E-state index contributed by atoms with van der Waals surface area (Å²) in [4.78, 5) is 2.03. The molecule has 148 valence electrons. The Hall–Kier alpha value is -3.04. The van der Waals surface area contributed by atoms with Gasteiger partial charge in [0.15, 0.2) is 0 Å². The van der Waals surface area contributed by atoms with Crippen LogP contribution in [0.4, 0.5) is 0 Å². The predicted molar refractivity (Wildman–Crippen MR) is 119 cm³/mol. The second-order valence-corrected chi connectivity index (χ2v) is 7.76. The van der Waals surface area contributed by atoms with E-state index in [0.717, 1.165) is 29.7 Å². The molecule has 0 heterocycles. The molecule has 0 bridgehead atoms. The fourth-order valence-electron chi connectivity index (χ4n) is 3.83. The molecule has 3 aromatic carbocycles. The normalized spacial score (nSPS) is 15.9. The quantitative estimate of drug-likeness (QED) is 0.582. The zero-order chi connectivity index (χ0) is 20.4. The smallest absolute Gasteiger partial charge is 0.149 e. The second-order valence-electron chi connectivity index (χ2n) is 7.76. The molecule has 1 N–H and O–H groups in total. The van der Waals surface area contributed by atoms with E-state index >= 15 is 0 Å². The van der Waals surface area contributed by atoms with Gasteiger partial charge in [-0.1, -0.05) is 48.5 Å². The summed E-state index contributed by atoms with van der Waals surface area (Å²) in [6.07, 6.45) is 2.09. The first-order valence-corrected chi connectivity index (χ1v) is 10.1. The highest BCUT2D eigenvalue weighted by Crippen LogP contribution is 2.41. The van der Waals surface area contributed by atoms with Crippen molar-refractivity contribution in [3.05, 3.63) is 95.1 Å². The van der Waals surface area contributed by atoms with Gasteiger partial charge in [-0.3, -0.25) is 4.90 Å². The Morgan fingerprint density at radius 3 is 2.14 bits per heavy atom. The van der Waals surface area contributed by atoms with Gasteiger partial charge in [0, 0.05) is 0 Å². The Morgan fingerprint density at radius 1 is 0.862 bits per heavy atom. The lowest BCUT2D eigenvalue weighted by Gasteiger charge is -2.21. The van der Waals surface area contributed by atoms with E-state index in [1.54, 1.807) is 12.1 Å². The van der Waals surface area contributed by atoms with Crippen molar-refractivity contribution in [3.63, 3.8) is 0 Å². The molecule has 1 aliphatic carbocycles. The molecule has 0 saturated carbocycles. The Labute approximate surface area is 172 Å². The van der Waals surface area contributed by atoms with Gasteiger partial charge in [-0.25, -0.2) is 0 Å². The summed E-state index contributed by atoms with van der Waals surface area (Å²) in [5.41, 5.74) is 7.59. The first-order chi connectivity index (χ1) is 14.0. The highest BCUT2D eigenvalue weighted by Gasteiger charge is 2.21. The van der Waals surface area contributed by atoms with Crippen LogP contribution in [0.15, 0.2) is 72.8 Å². The number of aromatic hydroxyl groups is 1. The first kappa shape index (κ1) is 19.3. The van der Waals surface area contributed by atoms with E-state index in [1.807, 2.05) is 50.2 Å². The van der Waals surface area contributed by atoms with Gasteiger partial charge >= 0.3 is 0 Å². The van der Waals surface area contributed by atoms with Gasteiger partial charge in [0.2, 0.25) is 0 Å². The summed E-state index contributed by atoms with van der Waals surface area (Å²) in [5.74, 6) is 1.14. The number of benzene rings is 3. The molecule has 3 nitrogen and oxygen atoms in total. The molecule has 0 amide bonds. The van der Waals surface area contributed by atoms with E-state index in [9.17, 15) is 5.11 Å². The summed E-state index contributed by atoms with van der Waals surface area (Å²) >= 11 is 0. The second kappa shape index (κ2) is 8.14. The standard InChI is InChI=1S/C26H27NO2/c1-18(27(2)3)29-23-15-10-21(11-16-23)26(20-8-13-22(28)14-9-20)25-17-12-19-6-4-5-7-24(19)25/h4-11,13-16,18,28H,12,17H2,1-3H3. The van der Waals surface area contributed by atoms with Crippen LogP contribution < -0.4 is 4.74 Å². The molecule has 0 spiro atoms. The van der Waals surface area contributed by atoms with Gasteiger partial charge in [0.05, 0.1) is 0 Å². The van der Waals surface area contributed by atoms with E-state index in [4.69, 9.17) is 4.74 Å². The van der Waals surface area contributed by atoms with Crippen LogP contribution in [-0.4, -0.2) is 30.3 Å². The molecule has 1 unspecified atom stereocenters. The number of hydrogen-bond donors (Lipinski definition) is 1. The molecule has 0 saturated heterocycles. The lowest BCUT2D eigenvalue weighted by atomic mass is 9.90. The SMILES string of the molecule is CC(Oc1ccc(C(=C2CCc3ccccc32)c2ccc(O)cc2)cc1)N(C)C. The van der Waals surface area contributed by atoms with Gasteiger partial charge in [-0.15, -0.1) is 0 Å². The van der Waals surface area contributed by atoms with Crippen molar-refractivity contribution >= 4 is 11.1 Å². The van der Waals surface area contributed by atoms with Gasteiger partial charge in [-0.2, -0.15) is 0 Å². The minimum Gasteiger partial charge on any atom is -0.508 e. The molecule has 4 rings (SSSR count). The summed E-state index contributed by atoms with van der Waals surface area (Å²) in [6.45, 7) is 2.03. The minimum atomic E-state index is 0.0116. The van der Waals surface area contributed by atoms with Crippen LogP contribution >= 0.6 is 0 Å². The summed E-state index contributed by atoms with van der Waals surface area (Å²) in [7, 11) is 4.01. The molecule has 29 heavy (non-hydrogen) atoms. The van der Waals surface area contributed by atoms with Gasteiger partial charge < -0.3 is 9.84 Å².